The van der Waals surface area contributed by atoms with Crippen LogP contribution >= 0.6 is 0 Å². The molecule has 0 aromatic heterocycles. The van der Waals surface area contributed by atoms with Crippen LogP contribution in [0.3, 0.4) is 0 Å². The van der Waals surface area contributed by atoms with E-state index in [1.165, 1.54) is 0 Å². The highest BCUT2D eigenvalue weighted by Gasteiger charge is 2.15. The van der Waals surface area contributed by atoms with E-state index in [1.54, 1.807) is 12.1 Å². The van der Waals surface area contributed by atoms with Crippen LogP contribution in [0.2, 0.25) is 0 Å². The van der Waals surface area contributed by atoms with Gasteiger partial charge in [0.1, 0.15) is 11.3 Å². The van der Waals surface area contributed by atoms with Crippen LogP contribution in [0.1, 0.15) is 5.56 Å². The second-order valence-electron chi connectivity index (χ2n) is 5.48. The molecule has 4 rings (SSSR count). The maximum atomic E-state index is 12.1. The van der Waals surface area contributed by atoms with Gasteiger partial charge in [-0.05, 0) is 41.8 Å². The first-order valence-electron chi connectivity index (χ1n) is 7.25. The molecule has 2 aromatic carbocycles. The minimum absolute atomic E-state index is 0.0372. The van der Waals surface area contributed by atoms with E-state index in [0.29, 0.717) is 5.76 Å². The molecule has 1 aliphatic carbocycles. The number of benzene rings is 3. The van der Waals surface area contributed by atoms with E-state index in [0.717, 1.165) is 33.2 Å². The zero-order valence-electron chi connectivity index (χ0n) is 12.2. The lowest BCUT2D eigenvalue weighted by molar-refractivity contribution is 0.619. The summed E-state index contributed by atoms with van der Waals surface area (Å²) in [5, 5.41) is 1.03. The van der Waals surface area contributed by atoms with Gasteiger partial charge in [0.2, 0.25) is 0 Å². The molecule has 0 atom stereocenters. The largest absolute Gasteiger partial charge is 0.456 e. The molecule has 106 valence electrons. The van der Waals surface area contributed by atoms with E-state index < -0.39 is 0 Å². The third-order valence-electron chi connectivity index (χ3n) is 3.99. The third-order valence-corrected chi connectivity index (χ3v) is 3.99. The fraction of sp³-hybridized carbons (Fsp3) is 0.0500. The Morgan fingerprint density at radius 1 is 0.773 bits per heavy atom. The zero-order valence-corrected chi connectivity index (χ0v) is 12.2. The van der Waals surface area contributed by atoms with Crippen LogP contribution in [0.5, 0.6) is 0 Å². The van der Waals surface area contributed by atoms with Crippen molar-refractivity contribution in [2.24, 2.45) is 0 Å². The van der Waals surface area contributed by atoms with Gasteiger partial charge < -0.3 is 4.42 Å². The smallest absolute Gasteiger partial charge is 0.183 e. The third kappa shape index (κ3) is 2.01. The number of hydrogen-bond donors (Lipinski definition) is 0. The van der Waals surface area contributed by atoms with Gasteiger partial charge in [0.05, 0.1) is 0 Å². The van der Waals surface area contributed by atoms with Crippen LogP contribution in [-0.4, -0.2) is 0 Å². The van der Waals surface area contributed by atoms with Gasteiger partial charge in [-0.1, -0.05) is 42.5 Å². The van der Waals surface area contributed by atoms with Gasteiger partial charge in [-0.15, -0.1) is 0 Å². The lowest BCUT2D eigenvalue weighted by Gasteiger charge is -2.13. The summed E-state index contributed by atoms with van der Waals surface area (Å²) >= 11 is 0. The molecule has 0 radical (unpaired) electrons. The molecule has 0 fully saturated rings. The molecule has 22 heavy (non-hydrogen) atoms. The van der Waals surface area contributed by atoms with E-state index in [2.05, 4.69) is 19.1 Å². The van der Waals surface area contributed by atoms with Gasteiger partial charge in [0.25, 0.3) is 0 Å². The molecule has 0 saturated carbocycles. The van der Waals surface area contributed by atoms with E-state index >= 15 is 0 Å². The summed E-state index contributed by atoms with van der Waals surface area (Å²) in [6.45, 7) is 2.05. The summed E-state index contributed by atoms with van der Waals surface area (Å²) in [4.78, 5) is 12.1. The molecular weight excluding hydrogens is 272 g/mol. The van der Waals surface area contributed by atoms with Crippen molar-refractivity contribution in [3.8, 4) is 22.5 Å². The molecule has 0 amide bonds. The van der Waals surface area contributed by atoms with Crippen LogP contribution in [0, 0.1) is 6.92 Å². The molecular formula is C20H14O2. The average molecular weight is 286 g/mol. The van der Waals surface area contributed by atoms with Crippen LogP contribution in [0.25, 0.3) is 33.4 Å². The monoisotopic (exact) mass is 286 g/mol. The number of rotatable bonds is 1. The van der Waals surface area contributed by atoms with Crippen molar-refractivity contribution in [2.45, 2.75) is 6.92 Å². The van der Waals surface area contributed by atoms with Gasteiger partial charge in [0, 0.05) is 17.0 Å². The molecule has 0 saturated heterocycles. The highest BCUT2D eigenvalue weighted by Crippen LogP contribution is 2.36. The minimum Gasteiger partial charge on any atom is -0.456 e. The summed E-state index contributed by atoms with van der Waals surface area (Å²) < 4.78 is 5.93. The van der Waals surface area contributed by atoms with Gasteiger partial charge >= 0.3 is 0 Å². The number of para-hydroxylation sites is 1. The summed E-state index contributed by atoms with van der Waals surface area (Å²) in [5.74, 6) is 0.629. The van der Waals surface area contributed by atoms with Crippen molar-refractivity contribution >= 4 is 11.0 Å². The van der Waals surface area contributed by atoms with Gasteiger partial charge in [0.15, 0.2) is 5.43 Å². The van der Waals surface area contributed by atoms with E-state index in [4.69, 9.17) is 4.42 Å². The normalized spacial score (nSPS) is 11.1. The molecule has 1 aliphatic heterocycles. The lowest BCUT2D eigenvalue weighted by atomic mass is 9.93. The Morgan fingerprint density at radius 3 is 2.41 bits per heavy atom. The van der Waals surface area contributed by atoms with Gasteiger partial charge in [-0.2, -0.15) is 0 Å². The number of fused-ring (bicyclic) bond motifs is 2. The van der Waals surface area contributed by atoms with Crippen molar-refractivity contribution in [2.75, 3.05) is 0 Å². The molecule has 0 spiro atoms. The second kappa shape index (κ2) is 4.85. The summed E-state index contributed by atoms with van der Waals surface area (Å²) in [5.41, 5.74) is 4.85. The predicted octanol–water partition coefficient (Wildman–Crippen LogP) is 4.87. The second-order valence-corrected chi connectivity index (χ2v) is 5.48. The van der Waals surface area contributed by atoms with Gasteiger partial charge in [-0.3, -0.25) is 4.79 Å². The lowest BCUT2D eigenvalue weighted by Crippen LogP contribution is -2.02. The number of hydrogen-bond acceptors (Lipinski definition) is 2. The first-order valence-corrected chi connectivity index (χ1v) is 7.25. The van der Waals surface area contributed by atoms with Crippen molar-refractivity contribution in [3.05, 3.63) is 82.5 Å². The fourth-order valence-electron chi connectivity index (χ4n) is 2.90. The van der Waals surface area contributed by atoms with Crippen molar-refractivity contribution in [3.63, 3.8) is 0 Å². The van der Waals surface area contributed by atoms with E-state index in [-0.39, 0.29) is 5.43 Å². The molecule has 0 bridgehead atoms. The van der Waals surface area contributed by atoms with Crippen LogP contribution in [0.4, 0.5) is 0 Å². The maximum absolute atomic E-state index is 12.1. The molecule has 2 aliphatic rings. The average Bonchev–Trinajstić information content (AvgIpc) is 2.53. The number of aryl methyl sites for hydroxylation is 1. The maximum Gasteiger partial charge on any atom is 0.183 e. The molecule has 2 nitrogen and oxygen atoms in total. The van der Waals surface area contributed by atoms with Crippen LogP contribution in [0.15, 0.2) is 75.9 Å². The SMILES string of the molecule is Cc1ccccc1-c1cc(=O)cc2oc3ccccc3cc1-2. The van der Waals surface area contributed by atoms with Crippen molar-refractivity contribution in [1.82, 2.24) is 0 Å². The first-order chi connectivity index (χ1) is 10.7. The quantitative estimate of drug-likeness (QED) is 0.467. The molecule has 2 heteroatoms. The Bertz CT molecular complexity index is 1010. The highest BCUT2D eigenvalue weighted by molar-refractivity contribution is 5.90. The van der Waals surface area contributed by atoms with Crippen LogP contribution < -0.4 is 5.43 Å². The van der Waals surface area contributed by atoms with Gasteiger partial charge in [-0.25, -0.2) is 0 Å². The Hall–Kier alpha value is -2.87. The summed E-state index contributed by atoms with van der Waals surface area (Å²) in [6, 6.07) is 21.3. The molecule has 0 unspecified atom stereocenters. The molecule has 2 aromatic rings. The summed E-state index contributed by atoms with van der Waals surface area (Å²) in [7, 11) is 0. The first kappa shape index (κ1) is 12.8. The zero-order chi connectivity index (χ0) is 15.1. The van der Waals surface area contributed by atoms with Crippen molar-refractivity contribution in [1.29, 1.82) is 0 Å². The topological polar surface area (TPSA) is 30.2 Å². The van der Waals surface area contributed by atoms with E-state index in [9.17, 15) is 4.79 Å². The van der Waals surface area contributed by atoms with Crippen LogP contribution in [-0.2, 0) is 0 Å². The predicted molar refractivity (Wildman–Crippen MR) is 89.3 cm³/mol. The highest BCUT2D eigenvalue weighted by atomic mass is 16.3. The van der Waals surface area contributed by atoms with E-state index in [1.807, 2.05) is 42.5 Å². The molecule has 0 N–H and O–H groups in total. The standard InChI is InChI=1S/C20H14O2/c1-13-6-2-4-8-16(13)17-11-15(21)12-20-18(17)10-14-7-3-5-9-19(14)22-20/h2-12H,1H3. The fourth-order valence-corrected chi connectivity index (χ4v) is 2.90. The summed E-state index contributed by atoms with van der Waals surface area (Å²) in [6.07, 6.45) is 0. The minimum atomic E-state index is -0.0372. The Balaban J connectivity index is 2.13. The Morgan fingerprint density at radius 2 is 1.55 bits per heavy atom. The Labute approximate surface area is 128 Å². The molecule has 1 heterocycles. The van der Waals surface area contributed by atoms with Crippen molar-refractivity contribution < 1.29 is 4.42 Å². The Kier molecular flexibility index (Phi) is 2.83.